The van der Waals surface area contributed by atoms with Crippen LogP contribution in [-0.4, -0.2) is 47.9 Å². The predicted octanol–water partition coefficient (Wildman–Crippen LogP) is 2.49. The molecule has 0 bridgehead atoms. The van der Waals surface area contributed by atoms with E-state index < -0.39 is 11.8 Å². The highest BCUT2D eigenvalue weighted by molar-refractivity contribution is 6.39. The van der Waals surface area contributed by atoms with E-state index >= 15 is 0 Å². The molecular weight excluding hydrogens is 328 g/mol. The summed E-state index contributed by atoms with van der Waals surface area (Å²) in [4.78, 5) is 33.0. The van der Waals surface area contributed by atoms with Gasteiger partial charge in [-0.15, -0.1) is 0 Å². The summed E-state index contributed by atoms with van der Waals surface area (Å²) in [7, 11) is 0. The topological polar surface area (TPSA) is 65.5 Å². The van der Waals surface area contributed by atoms with Gasteiger partial charge in [0.1, 0.15) is 5.82 Å². The molecule has 1 saturated heterocycles. The standard InChI is InChI=1S/C20H24N4O2/c1-15(2)16-7-3-4-8-17(16)22-19(25)20(26)24-13-11-23(12-14-24)18-9-5-6-10-21-18/h3-10,15H,11-14H2,1-2H3,(H,22,25). The van der Waals surface area contributed by atoms with Crippen molar-refractivity contribution in [2.75, 3.05) is 36.4 Å². The number of nitrogens with zero attached hydrogens (tertiary/aromatic N) is 3. The van der Waals surface area contributed by atoms with Gasteiger partial charge in [0, 0.05) is 38.1 Å². The lowest BCUT2D eigenvalue weighted by molar-refractivity contribution is -0.143. The van der Waals surface area contributed by atoms with E-state index in [1.807, 2.05) is 42.5 Å². The number of nitrogens with one attached hydrogen (secondary N) is 1. The second-order valence-electron chi connectivity index (χ2n) is 6.66. The zero-order valence-electron chi connectivity index (χ0n) is 15.2. The highest BCUT2D eigenvalue weighted by Crippen LogP contribution is 2.23. The molecule has 0 spiro atoms. The van der Waals surface area contributed by atoms with Crippen molar-refractivity contribution >= 4 is 23.3 Å². The van der Waals surface area contributed by atoms with Crippen molar-refractivity contribution in [2.45, 2.75) is 19.8 Å². The van der Waals surface area contributed by atoms with Crippen molar-refractivity contribution in [2.24, 2.45) is 0 Å². The van der Waals surface area contributed by atoms with E-state index in [-0.39, 0.29) is 5.92 Å². The van der Waals surface area contributed by atoms with Gasteiger partial charge in [-0.2, -0.15) is 0 Å². The van der Waals surface area contributed by atoms with Crippen LogP contribution in [0, 0.1) is 0 Å². The van der Waals surface area contributed by atoms with Gasteiger partial charge in [-0.05, 0) is 29.7 Å². The fourth-order valence-corrected chi connectivity index (χ4v) is 3.11. The van der Waals surface area contributed by atoms with E-state index in [9.17, 15) is 9.59 Å². The van der Waals surface area contributed by atoms with E-state index in [0.29, 0.717) is 31.9 Å². The molecule has 0 atom stereocenters. The number of para-hydroxylation sites is 1. The smallest absolute Gasteiger partial charge is 0.313 e. The van der Waals surface area contributed by atoms with Gasteiger partial charge in [0.2, 0.25) is 0 Å². The molecule has 3 rings (SSSR count). The van der Waals surface area contributed by atoms with E-state index in [1.54, 1.807) is 11.1 Å². The van der Waals surface area contributed by atoms with Crippen LogP contribution >= 0.6 is 0 Å². The monoisotopic (exact) mass is 352 g/mol. The van der Waals surface area contributed by atoms with Gasteiger partial charge >= 0.3 is 11.8 Å². The number of hydrogen-bond acceptors (Lipinski definition) is 4. The van der Waals surface area contributed by atoms with Gasteiger partial charge in [-0.3, -0.25) is 9.59 Å². The third-order valence-electron chi connectivity index (χ3n) is 4.57. The van der Waals surface area contributed by atoms with Crippen molar-refractivity contribution in [3.63, 3.8) is 0 Å². The molecule has 1 aliphatic heterocycles. The molecule has 6 heteroatoms. The molecule has 0 saturated carbocycles. The summed E-state index contributed by atoms with van der Waals surface area (Å²) < 4.78 is 0. The zero-order chi connectivity index (χ0) is 18.5. The Labute approximate surface area is 153 Å². The number of piperazine rings is 1. The Kier molecular flexibility index (Phi) is 5.51. The highest BCUT2D eigenvalue weighted by Gasteiger charge is 2.27. The maximum Gasteiger partial charge on any atom is 0.313 e. The molecule has 1 fully saturated rings. The Bertz CT molecular complexity index is 768. The minimum absolute atomic E-state index is 0.267. The third-order valence-corrected chi connectivity index (χ3v) is 4.57. The van der Waals surface area contributed by atoms with Crippen LogP contribution in [0.1, 0.15) is 25.3 Å². The fourth-order valence-electron chi connectivity index (χ4n) is 3.11. The van der Waals surface area contributed by atoms with Gasteiger partial charge in [-0.25, -0.2) is 4.98 Å². The number of aromatic nitrogens is 1. The predicted molar refractivity (Wildman–Crippen MR) is 102 cm³/mol. The molecule has 1 N–H and O–H groups in total. The zero-order valence-corrected chi connectivity index (χ0v) is 15.2. The van der Waals surface area contributed by atoms with Crippen LogP contribution in [0.15, 0.2) is 48.7 Å². The molecule has 26 heavy (non-hydrogen) atoms. The number of carbonyl (C=O) groups excluding carboxylic acids is 2. The summed E-state index contributed by atoms with van der Waals surface area (Å²) in [6.07, 6.45) is 1.76. The summed E-state index contributed by atoms with van der Waals surface area (Å²) in [5, 5.41) is 2.78. The second-order valence-corrected chi connectivity index (χ2v) is 6.66. The van der Waals surface area contributed by atoms with Crippen LogP contribution in [0.3, 0.4) is 0 Å². The minimum atomic E-state index is -0.579. The van der Waals surface area contributed by atoms with Crippen molar-refractivity contribution in [3.05, 3.63) is 54.2 Å². The van der Waals surface area contributed by atoms with Crippen LogP contribution in [0.2, 0.25) is 0 Å². The second kappa shape index (κ2) is 7.99. The lowest BCUT2D eigenvalue weighted by Crippen LogP contribution is -2.51. The van der Waals surface area contributed by atoms with Gasteiger partial charge in [0.25, 0.3) is 0 Å². The molecule has 1 aromatic carbocycles. The Morgan fingerprint density at radius 1 is 1.00 bits per heavy atom. The minimum Gasteiger partial charge on any atom is -0.353 e. The average Bonchev–Trinajstić information content (AvgIpc) is 2.68. The van der Waals surface area contributed by atoms with Crippen molar-refractivity contribution < 1.29 is 9.59 Å². The van der Waals surface area contributed by atoms with Crippen molar-refractivity contribution in [1.82, 2.24) is 9.88 Å². The molecule has 2 aromatic rings. The van der Waals surface area contributed by atoms with Crippen LogP contribution in [0.5, 0.6) is 0 Å². The van der Waals surface area contributed by atoms with E-state index in [4.69, 9.17) is 0 Å². The summed E-state index contributed by atoms with van der Waals surface area (Å²) in [6.45, 7) is 6.47. The molecule has 1 aliphatic rings. The molecule has 0 aliphatic carbocycles. The SMILES string of the molecule is CC(C)c1ccccc1NC(=O)C(=O)N1CCN(c2ccccn2)CC1. The fraction of sp³-hybridized carbons (Fsp3) is 0.350. The molecule has 136 valence electrons. The summed E-state index contributed by atoms with van der Waals surface area (Å²) >= 11 is 0. The van der Waals surface area contributed by atoms with Crippen LogP contribution < -0.4 is 10.2 Å². The highest BCUT2D eigenvalue weighted by atomic mass is 16.2. The Morgan fingerprint density at radius 2 is 1.69 bits per heavy atom. The first-order chi connectivity index (χ1) is 12.6. The van der Waals surface area contributed by atoms with Gasteiger partial charge in [0.15, 0.2) is 0 Å². The molecule has 2 amide bonds. The van der Waals surface area contributed by atoms with Crippen LogP contribution in [-0.2, 0) is 9.59 Å². The molecular formula is C20H24N4O2. The van der Waals surface area contributed by atoms with Crippen molar-refractivity contribution in [1.29, 1.82) is 0 Å². The summed E-state index contributed by atoms with van der Waals surface area (Å²) in [5.41, 5.74) is 1.72. The normalized spacial score (nSPS) is 14.4. The first-order valence-electron chi connectivity index (χ1n) is 8.91. The summed E-state index contributed by atoms with van der Waals surface area (Å²) in [6, 6.07) is 13.4. The first-order valence-corrected chi connectivity index (χ1v) is 8.91. The average molecular weight is 352 g/mol. The van der Waals surface area contributed by atoms with Gasteiger partial charge in [-0.1, -0.05) is 38.1 Å². The first kappa shape index (κ1) is 17.9. The number of carbonyl (C=O) groups is 2. The Morgan fingerprint density at radius 3 is 2.35 bits per heavy atom. The van der Waals surface area contributed by atoms with Gasteiger partial charge < -0.3 is 15.1 Å². The number of anilines is 2. The molecule has 0 unspecified atom stereocenters. The number of hydrogen-bond donors (Lipinski definition) is 1. The van der Waals surface area contributed by atoms with Gasteiger partial charge in [0.05, 0.1) is 0 Å². The number of pyridine rings is 1. The number of amides is 2. The maximum absolute atomic E-state index is 12.5. The van der Waals surface area contributed by atoms with E-state index in [1.165, 1.54) is 0 Å². The summed E-state index contributed by atoms with van der Waals surface area (Å²) in [5.74, 6) is 0.104. The van der Waals surface area contributed by atoms with E-state index in [0.717, 1.165) is 11.4 Å². The lowest BCUT2D eigenvalue weighted by Gasteiger charge is -2.35. The Balaban J connectivity index is 1.59. The lowest BCUT2D eigenvalue weighted by atomic mass is 10.0. The van der Waals surface area contributed by atoms with Crippen molar-refractivity contribution in [3.8, 4) is 0 Å². The Hall–Kier alpha value is -2.89. The van der Waals surface area contributed by atoms with Crippen LogP contribution in [0.25, 0.3) is 0 Å². The van der Waals surface area contributed by atoms with E-state index in [2.05, 4.69) is 29.0 Å². The maximum atomic E-state index is 12.5. The quantitative estimate of drug-likeness (QED) is 0.862. The molecule has 0 radical (unpaired) electrons. The number of rotatable bonds is 3. The molecule has 2 heterocycles. The molecule has 6 nitrogen and oxygen atoms in total. The number of benzene rings is 1. The van der Waals surface area contributed by atoms with Crippen LogP contribution in [0.4, 0.5) is 11.5 Å². The largest absolute Gasteiger partial charge is 0.353 e. The molecule has 1 aromatic heterocycles. The third kappa shape index (κ3) is 4.02.